The van der Waals surface area contributed by atoms with Crippen molar-refractivity contribution >= 4 is 21.4 Å². The number of hydrazine groups is 1. The van der Waals surface area contributed by atoms with Crippen LogP contribution in [0.2, 0.25) is 0 Å². The van der Waals surface area contributed by atoms with Crippen molar-refractivity contribution in [3.63, 3.8) is 0 Å². The van der Waals surface area contributed by atoms with Crippen LogP contribution < -0.4 is 10.1 Å². The van der Waals surface area contributed by atoms with Crippen LogP contribution in [0.15, 0.2) is 16.3 Å². The summed E-state index contributed by atoms with van der Waals surface area (Å²) in [6, 6.07) is 3.86. The van der Waals surface area contributed by atoms with Crippen LogP contribution in [0.4, 0.5) is 0 Å². The summed E-state index contributed by atoms with van der Waals surface area (Å²) in [4.78, 5) is 3.42. The van der Waals surface area contributed by atoms with Crippen molar-refractivity contribution in [3.8, 4) is 0 Å². The number of nitrogens with zero attached hydrogens (tertiary/aromatic N) is 1. The van der Waals surface area contributed by atoms with E-state index in [4.69, 9.17) is 0 Å². The lowest BCUT2D eigenvalue weighted by Gasteiger charge is -2.10. The van der Waals surface area contributed by atoms with Crippen LogP contribution in [0.3, 0.4) is 0 Å². The lowest BCUT2D eigenvalue weighted by Crippen LogP contribution is -2.35. The smallest absolute Gasteiger partial charge is 0.262 e. The van der Waals surface area contributed by atoms with Crippen molar-refractivity contribution in [3.05, 3.63) is 17.0 Å². The maximum Gasteiger partial charge on any atom is 0.262 e. The SMILES string of the molecule is CC(C)NCc1ccc(S(=O)(=O)NN(C)C)s1. The summed E-state index contributed by atoms with van der Waals surface area (Å²) >= 11 is 1.28. The Labute approximate surface area is 107 Å². The molecule has 0 unspecified atom stereocenters. The second kappa shape index (κ2) is 5.92. The molecule has 0 fully saturated rings. The Morgan fingerprint density at radius 1 is 1.35 bits per heavy atom. The summed E-state index contributed by atoms with van der Waals surface area (Å²) in [5, 5.41) is 4.67. The molecule has 0 aliphatic heterocycles. The summed E-state index contributed by atoms with van der Waals surface area (Å²) < 4.78 is 24.0. The average Bonchev–Trinajstić information content (AvgIpc) is 2.61. The highest BCUT2D eigenvalue weighted by molar-refractivity contribution is 7.91. The fourth-order valence-corrected chi connectivity index (χ4v) is 3.56. The van der Waals surface area contributed by atoms with E-state index >= 15 is 0 Å². The number of nitrogens with one attached hydrogen (secondary N) is 2. The molecule has 98 valence electrons. The van der Waals surface area contributed by atoms with Gasteiger partial charge in [-0.25, -0.2) is 13.4 Å². The second-order valence-electron chi connectivity index (χ2n) is 4.25. The number of hydrogen-bond donors (Lipinski definition) is 2. The molecule has 0 aliphatic carbocycles. The Morgan fingerprint density at radius 2 is 2.00 bits per heavy atom. The average molecular weight is 277 g/mol. The third-order valence-electron chi connectivity index (χ3n) is 1.89. The van der Waals surface area contributed by atoms with Crippen molar-refractivity contribution in [2.75, 3.05) is 14.1 Å². The zero-order chi connectivity index (χ0) is 13.1. The highest BCUT2D eigenvalue weighted by Gasteiger charge is 2.17. The summed E-state index contributed by atoms with van der Waals surface area (Å²) in [7, 11) is -0.120. The molecular formula is C10H19N3O2S2. The number of thiophene rings is 1. The van der Waals surface area contributed by atoms with Crippen molar-refractivity contribution in [1.82, 2.24) is 15.2 Å². The van der Waals surface area contributed by atoms with Crippen LogP contribution in [0.25, 0.3) is 0 Å². The van der Waals surface area contributed by atoms with Gasteiger partial charge < -0.3 is 5.32 Å². The molecule has 7 heteroatoms. The lowest BCUT2D eigenvalue weighted by molar-refractivity contribution is 0.364. The van der Waals surface area contributed by atoms with E-state index in [1.807, 2.05) is 6.07 Å². The van der Waals surface area contributed by atoms with Gasteiger partial charge in [-0.05, 0) is 12.1 Å². The van der Waals surface area contributed by atoms with Crippen LogP contribution in [-0.2, 0) is 16.6 Å². The van der Waals surface area contributed by atoms with E-state index in [1.54, 1.807) is 20.2 Å². The molecule has 1 heterocycles. The largest absolute Gasteiger partial charge is 0.310 e. The molecule has 0 aliphatic rings. The van der Waals surface area contributed by atoms with Crippen LogP contribution in [0, 0.1) is 0 Å². The number of rotatable bonds is 6. The summed E-state index contributed by atoms with van der Waals surface area (Å²) in [5.74, 6) is 0. The van der Waals surface area contributed by atoms with Crippen LogP contribution >= 0.6 is 11.3 Å². The normalized spacial score (nSPS) is 12.6. The second-order valence-corrected chi connectivity index (χ2v) is 7.30. The number of sulfonamides is 1. The Kier molecular flexibility index (Phi) is 5.08. The molecule has 1 rings (SSSR count). The lowest BCUT2D eigenvalue weighted by atomic mass is 10.4. The van der Waals surface area contributed by atoms with Gasteiger partial charge in [0.2, 0.25) is 0 Å². The summed E-state index contributed by atoms with van der Waals surface area (Å²) in [6.07, 6.45) is 0. The minimum Gasteiger partial charge on any atom is -0.310 e. The first-order valence-electron chi connectivity index (χ1n) is 5.33. The summed E-state index contributed by atoms with van der Waals surface area (Å²) in [5.41, 5.74) is 0. The molecule has 0 spiro atoms. The van der Waals surface area contributed by atoms with E-state index in [2.05, 4.69) is 24.0 Å². The fourth-order valence-electron chi connectivity index (χ4n) is 1.19. The molecule has 1 aromatic heterocycles. The first kappa shape index (κ1) is 14.6. The van der Waals surface area contributed by atoms with E-state index < -0.39 is 10.0 Å². The van der Waals surface area contributed by atoms with Gasteiger partial charge in [0.25, 0.3) is 10.0 Å². The quantitative estimate of drug-likeness (QED) is 0.762. The van der Waals surface area contributed by atoms with Gasteiger partial charge >= 0.3 is 0 Å². The standard InChI is InChI=1S/C10H19N3O2S2/c1-8(2)11-7-9-5-6-10(16-9)17(14,15)12-13(3)4/h5-6,8,11-12H,7H2,1-4H3. The molecule has 0 saturated heterocycles. The van der Waals surface area contributed by atoms with E-state index in [0.29, 0.717) is 16.8 Å². The predicted octanol–water partition coefficient (Wildman–Crippen LogP) is 1.00. The Bertz CT molecular complexity index is 452. The molecule has 2 N–H and O–H groups in total. The molecule has 0 aromatic carbocycles. The van der Waals surface area contributed by atoms with Gasteiger partial charge in [-0.1, -0.05) is 13.8 Å². The zero-order valence-electron chi connectivity index (χ0n) is 10.5. The molecule has 0 atom stereocenters. The third kappa shape index (κ3) is 4.72. The highest BCUT2D eigenvalue weighted by Crippen LogP contribution is 2.21. The Balaban J connectivity index is 2.74. The highest BCUT2D eigenvalue weighted by atomic mass is 32.2. The van der Waals surface area contributed by atoms with Crippen molar-refractivity contribution in [1.29, 1.82) is 0 Å². The van der Waals surface area contributed by atoms with Crippen LogP contribution in [0.1, 0.15) is 18.7 Å². The first-order chi connectivity index (χ1) is 7.81. The van der Waals surface area contributed by atoms with E-state index in [9.17, 15) is 8.42 Å². The van der Waals surface area contributed by atoms with Crippen LogP contribution in [0.5, 0.6) is 0 Å². The molecule has 0 saturated carbocycles. The van der Waals surface area contributed by atoms with E-state index in [0.717, 1.165) is 4.88 Å². The summed E-state index contributed by atoms with van der Waals surface area (Å²) in [6.45, 7) is 4.80. The Morgan fingerprint density at radius 3 is 2.53 bits per heavy atom. The predicted molar refractivity (Wildman–Crippen MR) is 70.3 cm³/mol. The molecule has 0 radical (unpaired) electrons. The third-order valence-corrected chi connectivity index (χ3v) is 4.95. The number of hydrogen-bond acceptors (Lipinski definition) is 5. The van der Waals surface area contributed by atoms with Crippen molar-refractivity contribution < 1.29 is 8.42 Å². The van der Waals surface area contributed by atoms with Gasteiger partial charge in [-0.2, -0.15) is 0 Å². The van der Waals surface area contributed by atoms with Gasteiger partial charge in [0.05, 0.1) is 0 Å². The van der Waals surface area contributed by atoms with Gasteiger partial charge in [-0.15, -0.1) is 16.2 Å². The zero-order valence-corrected chi connectivity index (χ0v) is 12.2. The minimum atomic E-state index is -3.41. The first-order valence-corrected chi connectivity index (χ1v) is 7.63. The molecule has 0 bridgehead atoms. The minimum absolute atomic E-state index is 0.340. The fraction of sp³-hybridized carbons (Fsp3) is 0.600. The monoisotopic (exact) mass is 277 g/mol. The molecule has 5 nitrogen and oxygen atoms in total. The molecule has 0 amide bonds. The van der Waals surface area contributed by atoms with E-state index in [-0.39, 0.29) is 0 Å². The van der Waals surface area contributed by atoms with Crippen LogP contribution in [-0.4, -0.2) is 33.6 Å². The van der Waals surface area contributed by atoms with Gasteiger partial charge in [-0.3, -0.25) is 0 Å². The Hall–Kier alpha value is -0.470. The maximum absolute atomic E-state index is 11.8. The van der Waals surface area contributed by atoms with Crippen molar-refractivity contribution in [2.45, 2.75) is 30.6 Å². The molecule has 1 aromatic rings. The topological polar surface area (TPSA) is 61.4 Å². The van der Waals surface area contributed by atoms with Crippen molar-refractivity contribution in [2.24, 2.45) is 0 Å². The van der Waals surface area contributed by atoms with Gasteiger partial charge in [0, 0.05) is 31.6 Å². The van der Waals surface area contributed by atoms with E-state index in [1.165, 1.54) is 16.3 Å². The van der Waals surface area contributed by atoms with Gasteiger partial charge in [0.1, 0.15) is 4.21 Å². The van der Waals surface area contributed by atoms with Gasteiger partial charge in [0.15, 0.2) is 0 Å². The maximum atomic E-state index is 11.8. The molecular weight excluding hydrogens is 258 g/mol. The molecule has 17 heavy (non-hydrogen) atoms.